The molecule has 7 rings (SSSR count). The Bertz CT molecular complexity index is 2020. The molecule has 0 radical (unpaired) electrons. The summed E-state index contributed by atoms with van der Waals surface area (Å²) in [6.07, 6.45) is 4.37. The van der Waals surface area contributed by atoms with Crippen LogP contribution in [0.1, 0.15) is 48.9 Å². The first kappa shape index (κ1) is 39.1. The number of likely N-dealkylation sites (N-methyl/N-ethyl adjacent to an activating group) is 2. The van der Waals surface area contributed by atoms with Gasteiger partial charge in [0.05, 0.1) is 6.20 Å². The Morgan fingerprint density at radius 3 is 1.46 bits per heavy atom. The molecular formula is C45H49N7O5. The molecule has 294 valence electrons. The van der Waals surface area contributed by atoms with E-state index in [4.69, 9.17) is 4.42 Å². The molecule has 4 amide bonds. The number of carbonyl (C=O) groups is 4. The quantitative estimate of drug-likeness (QED) is 0.148. The second-order valence-electron chi connectivity index (χ2n) is 15.1. The van der Waals surface area contributed by atoms with Crippen LogP contribution in [0.25, 0.3) is 22.8 Å². The molecule has 2 aliphatic heterocycles. The minimum absolute atomic E-state index is 0.0820. The Kier molecular flexibility index (Phi) is 11.9. The number of nitrogens with zero attached hydrogens (tertiary/aromatic N) is 5. The highest BCUT2D eigenvalue weighted by molar-refractivity contribution is 5.99. The van der Waals surface area contributed by atoms with Crippen LogP contribution in [0, 0.1) is 0 Å². The van der Waals surface area contributed by atoms with Gasteiger partial charge in [-0.2, -0.15) is 0 Å². The summed E-state index contributed by atoms with van der Waals surface area (Å²) < 4.78 is 6.12. The van der Waals surface area contributed by atoms with Gasteiger partial charge in [0.2, 0.25) is 29.5 Å². The van der Waals surface area contributed by atoms with Crippen LogP contribution in [0.3, 0.4) is 0 Å². The Morgan fingerprint density at radius 2 is 1.04 bits per heavy atom. The third-order valence-corrected chi connectivity index (χ3v) is 10.8. The first-order valence-corrected chi connectivity index (χ1v) is 19.4. The molecule has 57 heavy (non-hydrogen) atoms. The number of amides is 4. The van der Waals surface area contributed by atoms with Crippen LogP contribution < -0.4 is 10.6 Å². The minimum atomic E-state index is -0.556. The zero-order valence-corrected chi connectivity index (χ0v) is 32.8. The molecule has 12 heteroatoms. The van der Waals surface area contributed by atoms with Crippen molar-refractivity contribution in [2.24, 2.45) is 0 Å². The van der Waals surface area contributed by atoms with Crippen LogP contribution in [0.5, 0.6) is 0 Å². The number of anilines is 2. The predicted octanol–water partition coefficient (Wildman–Crippen LogP) is 6.47. The summed E-state index contributed by atoms with van der Waals surface area (Å²) in [6.45, 7) is 1.07. The van der Waals surface area contributed by atoms with E-state index in [9.17, 15) is 19.2 Å². The van der Waals surface area contributed by atoms with Crippen LogP contribution in [-0.4, -0.2) is 102 Å². The van der Waals surface area contributed by atoms with Gasteiger partial charge in [0.1, 0.15) is 24.2 Å². The van der Waals surface area contributed by atoms with Crippen LogP contribution in [-0.2, 0) is 19.2 Å². The average Bonchev–Trinajstić information content (AvgIpc) is 4.01. The lowest BCUT2D eigenvalue weighted by Gasteiger charge is -2.31. The van der Waals surface area contributed by atoms with Crippen molar-refractivity contribution in [3.05, 3.63) is 127 Å². The number of likely N-dealkylation sites (tertiary alicyclic amines) is 2. The minimum Gasteiger partial charge on any atom is -0.436 e. The lowest BCUT2D eigenvalue weighted by molar-refractivity contribution is -0.141. The van der Waals surface area contributed by atoms with Crippen molar-refractivity contribution in [3.63, 3.8) is 0 Å². The van der Waals surface area contributed by atoms with Gasteiger partial charge in [-0.1, -0.05) is 60.7 Å². The zero-order valence-electron chi connectivity index (χ0n) is 32.8. The molecule has 1 unspecified atom stereocenters. The van der Waals surface area contributed by atoms with Gasteiger partial charge in [-0.15, -0.1) is 0 Å². The Balaban J connectivity index is 0.951. The number of hydrogen-bond donors (Lipinski definition) is 2. The van der Waals surface area contributed by atoms with Gasteiger partial charge >= 0.3 is 0 Å². The van der Waals surface area contributed by atoms with Gasteiger partial charge in [-0.3, -0.25) is 29.0 Å². The second-order valence-corrected chi connectivity index (χ2v) is 15.1. The normalized spacial score (nSPS) is 17.8. The fourth-order valence-corrected chi connectivity index (χ4v) is 7.92. The summed E-state index contributed by atoms with van der Waals surface area (Å²) in [5, 5.41) is 6.00. The third-order valence-electron chi connectivity index (χ3n) is 10.8. The van der Waals surface area contributed by atoms with Crippen LogP contribution >= 0.6 is 0 Å². The highest BCUT2D eigenvalue weighted by Crippen LogP contribution is 2.31. The van der Waals surface area contributed by atoms with Gasteiger partial charge < -0.3 is 24.9 Å². The standard InChI is InChI=1S/C45H49N7O5/c1-49(2)39(31-13-7-5-8-14-31)44(55)51-27-11-17-36(51)41(53)47-34-23-19-30(20-24-34)38-29-46-43(57-38)33-21-25-35(26-22-33)48-42(54)37-18-12-28-52(37)45(56)40(50(3)4)32-15-9-6-10-16-32/h5-10,13-16,19-26,29,36-37,39-40H,11-12,17-18,27-28H2,1-4H3,(H,47,53)(H,48,54)/t36?,37-,39+,40+/m0/s1. The summed E-state index contributed by atoms with van der Waals surface area (Å²) in [7, 11) is 7.51. The van der Waals surface area contributed by atoms with E-state index in [0.29, 0.717) is 49.0 Å². The van der Waals surface area contributed by atoms with Crippen LogP contribution in [0.15, 0.2) is 120 Å². The first-order valence-electron chi connectivity index (χ1n) is 19.4. The van der Waals surface area contributed by atoms with E-state index in [-0.39, 0.29) is 23.6 Å². The van der Waals surface area contributed by atoms with Crippen molar-refractivity contribution in [3.8, 4) is 22.8 Å². The molecule has 3 heterocycles. The van der Waals surface area contributed by atoms with E-state index in [0.717, 1.165) is 35.1 Å². The maximum absolute atomic E-state index is 13.7. The Morgan fingerprint density at radius 1 is 0.614 bits per heavy atom. The smallest absolute Gasteiger partial charge is 0.247 e. The van der Waals surface area contributed by atoms with Gasteiger partial charge in [0.25, 0.3) is 0 Å². The molecule has 1 aromatic heterocycles. The van der Waals surface area contributed by atoms with Gasteiger partial charge in [0.15, 0.2) is 5.76 Å². The fourth-order valence-electron chi connectivity index (χ4n) is 7.92. The largest absolute Gasteiger partial charge is 0.436 e. The number of carbonyl (C=O) groups excluding carboxylic acids is 4. The number of rotatable bonds is 12. The van der Waals surface area contributed by atoms with E-state index in [1.807, 2.05) is 135 Å². The van der Waals surface area contributed by atoms with E-state index < -0.39 is 24.2 Å². The van der Waals surface area contributed by atoms with E-state index >= 15 is 0 Å². The van der Waals surface area contributed by atoms with Crippen LogP contribution in [0.4, 0.5) is 11.4 Å². The Labute approximate surface area is 333 Å². The summed E-state index contributed by atoms with van der Waals surface area (Å²) in [4.78, 5) is 66.1. The second kappa shape index (κ2) is 17.4. The molecular weight excluding hydrogens is 719 g/mol. The molecule has 12 nitrogen and oxygen atoms in total. The highest BCUT2D eigenvalue weighted by atomic mass is 16.4. The van der Waals surface area contributed by atoms with Crippen molar-refractivity contribution < 1.29 is 23.6 Å². The molecule has 0 aliphatic carbocycles. The predicted molar refractivity (Wildman–Crippen MR) is 220 cm³/mol. The molecule has 5 aromatic rings. The zero-order chi connectivity index (χ0) is 40.1. The number of oxazole rings is 1. The first-order chi connectivity index (χ1) is 27.6. The molecule has 0 bridgehead atoms. The Hall–Kier alpha value is -6.11. The van der Waals surface area contributed by atoms with Gasteiger partial charge in [-0.25, -0.2) is 4.98 Å². The maximum Gasteiger partial charge on any atom is 0.247 e. The topological polar surface area (TPSA) is 131 Å². The SMILES string of the molecule is CN(C)[C@@H](C(=O)N1CCCC1C(=O)Nc1ccc(-c2cnc(-c3ccc(NC(=O)[C@@H]4CCCN4C(=O)[C@@H](c4ccccc4)N(C)C)cc3)o2)cc1)c1ccccc1. The van der Waals surface area contributed by atoms with Crippen molar-refractivity contribution in [2.45, 2.75) is 49.9 Å². The maximum atomic E-state index is 13.7. The molecule has 2 fully saturated rings. The van der Waals surface area contributed by atoms with E-state index in [2.05, 4.69) is 15.6 Å². The lowest BCUT2D eigenvalue weighted by atomic mass is 10.0. The van der Waals surface area contributed by atoms with E-state index in [1.54, 1.807) is 28.1 Å². The number of benzene rings is 4. The van der Waals surface area contributed by atoms with Crippen molar-refractivity contribution in [2.75, 3.05) is 51.9 Å². The van der Waals surface area contributed by atoms with Crippen LogP contribution in [0.2, 0.25) is 0 Å². The van der Waals surface area contributed by atoms with Gasteiger partial charge in [0, 0.05) is 35.6 Å². The molecule has 0 saturated carbocycles. The average molecular weight is 768 g/mol. The van der Waals surface area contributed by atoms with E-state index in [1.165, 1.54) is 0 Å². The molecule has 2 aliphatic rings. The molecule has 2 N–H and O–H groups in total. The monoisotopic (exact) mass is 767 g/mol. The number of hydrogen-bond acceptors (Lipinski definition) is 8. The summed E-state index contributed by atoms with van der Waals surface area (Å²) in [6, 6.07) is 31.8. The summed E-state index contributed by atoms with van der Waals surface area (Å²) >= 11 is 0. The third kappa shape index (κ3) is 8.67. The summed E-state index contributed by atoms with van der Waals surface area (Å²) in [5.41, 5.74) is 4.53. The molecule has 0 spiro atoms. The molecule has 2 saturated heterocycles. The summed E-state index contributed by atoms with van der Waals surface area (Å²) in [5.74, 6) is 0.381. The van der Waals surface area contributed by atoms with Gasteiger partial charge in [-0.05, 0) is 114 Å². The van der Waals surface area contributed by atoms with Crippen molar-refractivity contribution in [1.82, 2.24) is 24.6 Å². The number of aromatic nitrogens is 1. The highest BCUT2D eigenvalue weighted by Gasteiger charge is 2.40. The van der Waals surface area contributed by atoms with Crippen molar-refractivity contribution >= 4 is 35.0 Å². The molecule has 4 aromatic carbocycles. The number of nitrogens with one attached hydrogen (secondary N) is 2. The fraction of sp³-hybridized carbons (Fsp3) is 0.311. The lowest BCUT2D eigenvalue weighted by Crippen LogP contribution is -2.47. The molecule has 4 atom stereocenters. The van der Waals surface area contributed by atoms with Crippen molar-refractivity contribution in [1.29, 1.82) is 0 Å².